The molecule has 0 fully saturated rings. The number of H-pyrrole nitrogens is 1. The lowest BCUT2D eigenvalue weighted by Gasteiger charge is -2.29. The highest BCUT2D eigenvalue weighted by molar-refractivity contribution is 5.56. The summed E-state index contributed by atoms with van der Waals surface area (Å²) in [6, 6.07) is 14.2. The van der Waals surface area contributed by atoms with Gasteiger partial charge in [-0.3, -0.25) is 10.1 Å². The van der Waals surface area contributed by atoms with Crippen LogP contribution in [-0.2, 0) is 0 Å². The van der Waals surface area contributed by atoms with Crippen LogP contribution < -0.4 is 4.90 Å². The number of nitrogens with one attached hydrogen (secondary N) is 1. The Hall–Kier alpha value is -4.11. The second-order valence-corrected chi connectivity index (χ2v) is 5.95. The van der Waals surface area contributed by atoms with Crippen molar-refractivity contribution >= 4 is 17.3 Å². The van der Waals surface area contributed by atoms with Crippen LogP contribution >= 0.6 is 0 Å². The lowest BCUT2D eigenvalue weighted by molar-refractivity contribution is 0.697. The zero-order chi connectivity index (χ0) is 19.9. The standard InChI is InChI=1S/C19H17N9/c1-13(11-20)28(14(2)12-21)17-5-3-16(4-6-17)24-26-19-23-18(25-27-19)15-7-9-22-10-8-15/h3-10,13-14H,1-2H3,(H,23,25,27). The van der Waals surface area contributed by atoms with Crippen molar-refractivity contribution in [1.82, 2.24) is 20.2 Å². The Morgan fingerprint density at radius 1 is 0.964 bits per heavy atom. The minimum Gasteiger partial charge on any atom is -0.340 e. The molecular formula is C19H17N9. The highest BCUT2D eigenvalue weighted by atomic mass is 15.3. The summed E-state index contributed by atoms with van der Waals surface area (Å²) in [7, 11) is 0. The van der Waals surface area contributed by atoms with Crippen molar-refractivity contribution < 1.29 is 0 Å². The Labute approximate surface area is 162 Å². The smallest absolute Gasteiger partial charge is 0.287 e. The predicted molar refractivity (Wildman–Crippen MR) is 103 cm³/mol. The monoisotopic (exact) mass is 371 g/mol. The summed E-state index contributed by atoms with van der Waals surface area (Å²) in [6.07, 6.45) is 3.34. The summed E-state index contributed by atoms with van der Waals surface area (Å²) >= 11 is 0. The molecule has 3 rings (SSSR count). The lowest BCUT2D eigenvalue weighted by atomic mass is 10.1. The molecule has 0 amide bonds. The number of aromatic amines is 1. The van der Waals surface area contributed by atoms with E-state index in [0.717, 1.165) is 11.3 Å². The average molecular weight is 371 g/mol. The second kappa shape index (κ2) is 8.52. The van der Waals surface area contributed by atoms with Crippen LogP contribution in [0.25, 0.3) is 11.4 Å². The van der Waals surface area contributed by atoms with E-state index >= 15 is 0 Å². The number of benzene rings is 1. The predicted octanol–water partition coefficient (Wildman–Crippen LogP) is 3.91. The summed E-state index contributed by atoms with van der Waals surface area (Å²) < 4.78 is 0. The highest BCUT2D eigenvalue weighted by Gasteiger charge is 2.20. The van der Waals surface area contributed by atoms with Crippen molar-refractivity contribution in [2.75, 3.05) is 4.90 Å². The fraction of sp³-hybridized carbons (Fsp3) is 0.211. The van der Waals surface area contributed by atoms with E-state index < -0.39 is 12.1 Å². The van der Waals surface area contributed by atoms with Crippen molar-refractivity contribution in [1.29, 1.82) is 10.5 Å². The van der Waals surface area contributed by atoms with Gasteiger partial charge in [-0.25, -0.2) is 0 Å². The molecule has 0 saturated heterocycles. The number of rotatable bonds is 6. The summed E-state index contributed by atoms with van der Waals surface area (Å²) in [5.41, 5.74) is 2.22. The fourth-order valence-corrected chi connectivity index (χ4v) is 2.64. The van der Waals surface area contributed by atoms with Crippen molar-refractivity contribution in [2.45, 2.75) is 25.9 Å². The van der Waals surface area contributed by atoms with E-state index in [4.69, 9.17) is 0 Å². The lowest BCUT2D eigenvalue weighted by Crippen LogP contribution is -2.38. The van der Waals surface area contributed by atoms with Crippen LogP contribution in [0.4, 0.5) is 17.3 Å². The maximum atomic E-state index is 9.21. The van der Waals surface area contributed by atoms with Gasteiger partial charge in [-0.05, 0) is 50.2 Å². The largest absolute Gasteiger partial charge is 0.340 e. The first-order valence-corrected chi connectivity index (χ1v) is 8.54. The second-order valence-electron chi connectivity index (χ2n) is 5.95. The van der Waals surface area contributed by atoms with E-state index in [2.05, 4.69) is 42.5 Å². The number of anilines is 1. The minimum absolute atomic E-state index is 0.216. The van der Waals surface area contributed by atoms with Gasteiger partial charge in [0, 0.05) is 23.6 Å². The minimum atomic E-state index is -0.429. The quantitative estimate of drug-likeness (QED) is 0.654. The maximum Gasteiger partial charge on any atom is 0.287 e. The molecule has 28 heavy (non-hydrogen) atoms. The molecule has 0 aliphatic carbocycles. The van der Waals surface area contributed by atoms with E-state index in [0.29, 0.717) is 11.5 Å². The molecule has 2 aromatic heterocycles. The van der Waals surface area contributed by atoms with E-state index in [-0.39, 0.29) is 5.95 Å². The van der Waals surface area contributed by atoms with Gasteiger partial charge in [-0.2, -0.15) is 15.5 Å². The topological polar surface area (TPSA) is 130 Å². The van der Waals surface area contributed by atoms with Crippen LogP contribution in [0.3, 0.4) is 0 Å². The molecule has 1 aromatic carbocycles. The van der Waals surface area contributed by atoms with Crippen LogP contribution in [0.5, 0.6) is 0 Å². The summed E-state index contributed by atoms with van der Waals surface area (Å²) in [5.74, 6) is 0.798. The number of hydrogen-bond donors (Lipinski definition) is 1. The number of hydrogen-bond acceptors (Lipinski definition) is 8. The third-order valence-corrected chi connectivity index (χ3v) is 4.04. The Bertz CT molecular complexity index is 1010. The normalized spacial score (nSPS) is 12.9. The van der Waals surface area contributed by atoms with Gasteiger partial charge in [0.25, 0.3) is 5.95 Å². The van der Waals surface area contributed by atoms with E-state index in [1.54, 1.807) is 55.4 Å². The third-order valence-electron chi connectivity index (χ3n) is 4.04. The average Bonchev–Trinajstić information content (AvgIpc) is 3.22. The maximum absolute atomic E-state index is 9.21. The van der Waals surface area contributed by atoms with Gasteiger partial charge in [0.1, 0.15) is 12.1 Å². The van der Waals surface area contributed by atoms with E-state index in [1.807, 2.05) is 12.1 Å². The van der Waals surface area contributed by atoms with Gasteiger partial charge in [-0.15, -0.1) is 15.3 Å². The molecule has 0 aliphatic rings. The first-order valence-electron chi connectivity index (χ1n) is 8.54. The van der Waals surface area contributed by atoms with Crippen molar-refractivity contribution in [3.8, 4) is 23.5 Å². The van der Waals surface area contributed by atoms with Gasteiger partial charge in [0.05, 0.1) is 17.8 Å². The molecule has 0 spiro atoms. The van der Waals surface area contributed by atoms with Gasteiger partial charge >= 0.3 is 0 Å². The molecule has 2 unspecified atom stereocenters. The molecule has 2 atom stereocenters. The van der Waals surface area contributed by atoms with E-state index in [9.17, 15) is 10.5 Å². The van der Waals surface area contributed by atoms with Gasteiger partial charge in [-0.1, -0.05) is 0 Å². The molecule has 0 saturated carbocycles. The molecule has 9 nitrogen and oxygen atoms in total. The fourth-order valence-electron chi connectivity index (χ4n) is 2.64. The number of aromatic nitrogens is 4. The summed E-state index contributed by atoms with van der Waals surface area (Å²) in [6.45, 7) is 3.51. The van der Waals surface area contributed by atoms with Crippen LogP contribution in [0, 0.1) is 22.7 Å². The first kappa shape index (κ1) is 18.7. The SMILES string of the molecule is CC(C#N)N(c1ccc(N=Nc2n[nH]c(-c3ccncc3)n2)cc1)C(C)C#N. The van der Waals surface area contributed by atoms with Crippen LogP contribution in [-0.4, -0.2) is 32.2 Å². The van der Waals surface area contributed by atoms with Crippen molar-refractivity contribution in [2.24, 2.45) is 10.2 Å². The van der Waals surface area contributed by atoms with E-state index in [1.165, 1.54) is 0 Å². The van der Waals surface area contributed by atoms with Gasteiger partial charge in [0.15, 0.2) is 5.82 Å². The molecule has 1 N–H and O–H groups in total. The summed E-state index contributed by atoms with van der Waals surface area (Å²) in [5, 5.41) is 33.4. The van der Waals surface area contributed by atoms with Crippen LogP contribution in [0.2, 0.25) is 0 Å². The number of nitriles is 2. The molecule has 9 heteroatoms. The van der Waals surface area contributed by atoms with Crippen LogP contribution in [0.1, 0.15) is 13.8 Å². The Balaban J connectivity index is 1.75. The summed E-state index contributed by atoms with van der Waals surface area (Å²) in [4.78, 5) is 9.98. The molecule has 0 aliphatic heterocycles. The zero-order valence-corrected chi connectivity index (χ0v) is 15.4. The number of pyridine rings is 1. The molecular weight excluding hydrogens is 354 g/mol. The van der Waals surface area contributed by atoms with Gasteiger partial charge < -0.3 is 4.90 Å². The molecule has 138 valence electrons. The number of azo groups is 1. The Morgan fingerprint density at radius 3 is 2.21 bits per heavy atom. The molecule has 3 aromatic rings. The third kappa shape index (κ3) is 4.17. The molecule has 2 heterocycles. The molecule has 0 bridgehead atoms. The van der Waals surface area contributed by atoms with Crippen LogP contribution in [0.15, 0.2) is 59.0 Å². The Kier molecular flexibility index (Phi) is 5.68. The number of nitrogens with zero attached hydrogens (tertiary/aromatic N) is 8. The van der Waals surface area contributed by atoms with Crippen molar-refractivity contribution in [3.63, 3.8) is 0 Å². The Morgan fingerprint density at radius 2 is 1.61 bits per heavy atom. The van der Waals surface area contributed by atoms with Gasteiger partial charge in [0.2, 0.25) is 0 Å². The molecule has 0 radical (unpaired) electrons. The first-order chi connectivity index (χ1) is 13.6. The zero-order valence-electron chi connectivity index (χ0n) is 15.4. The highest BCUT2D eigenvalue weighted by Crippen LogP contribution is 2.25. The van der Waals surface area contributed by atoms with Crippen molar-refractivity contribution in [3.05, 3.63) is 48.8 Å².